The fourth-order valence-electron chi connectivity index (χ4n) is 7.16. The van der Waals surface area contributed by atoms with E-state index in [4.69, 9.17) is 37.9 Å². The molecule has 2 aliphatic carbocycles. The van der Waals surface area contributed by atoms with Crippen molar-refractivity contribution in [3.05, 3.63) is 94.8 Å². The van der Waals surface area contributed by atoms with Gasteiger partial charge in [0.1, 0.15) is 22.5 Å². The van der Waals surface area contributed by atoms with Gasteiger partial charge in [-0.15, -0.1) is 0 Å². The maximum Gasteiger partial charge on any atom is 0.348 e. The van der Waals surface area contributed by atoms with Gasteiger partial charge in [-0.1, -0.05) is 36.5 Å². The van der Waals surface area contributed by atoms with E-state index in [1.165, 1.54) is 56.4 Å². The van der Waals surface area contributed by atoms with Crippen LogP contribution in [-0.4, -0.2) is 88.4 Å². The van der Waals surface area contributed by atoms with Gasteiger partial charge in [-0.3, -0.25) is 14.4 Å². The Labute approximate surface area is 356 Å². The maximum atomic E-state index is 13.2. The van der Waals surface area contributed by atoms with E-state index in [1.54, 1.807) is 26.0 Å². The molecular weight excluding hydrogens is 816 g/mol. The lowest BCUT2D eigenvalue weighted by atomic mass is 9.65. The smallest absolute Gasteiger partial charge is 0.348 e. The van der Waals surface area contributed by atoms with Crippen molar-refractivity contribution in [2.24, 2.45) is 5.41 Å². The Morgan fingerprint density at radius 3 is 1.71 bits per heavy atom. The largest absolute Gasteiger partial charge is 0.508 e. The first-order valence-electron chi connectivity index (χ1n) is 20.0. The molecule has 1 atom stereocenters. The minimum absolute atomic E-state index is 0.0397. The SMILES string of the molecule is CCOC(=O)CCC1(C)OC(=O)C(=CC=CCC=C2C(=O)CC3(C=C2O)CCC2(CC3)OC(=O)C(=CC=CC=CC3=C(O)OC(C)(CCC(=O)OCC)OC3=O)C(=O)O2)C(=O)O1. The first kappa shape index (κ1) is 46.3. The van der Waals surface area contributed by atoms with Crippen LogP contribution in [0.2, 0.25) is 0 Å². The highest BCUT2D eigenvalue weighted by Gasteiger charge is 2.53. The van der Waals surface area contributed by atoms with Crippen molar-refractivity contribution >= 4 is 47.6 Å². The van der Waals surface area contributed by atoms with Crippen molar-refractivity contribution in [2.45, 2.75) is 109 Å². The summed E-state index contributed by atoms with van der Waals surface area (Å²) >= 11 is 0. The zero-order valence-corrected chi connectivity index (χ0v) is 34.7. The highest BCUT2D eigenvalue weighted by atomic mass is 16.8. The minimum Gasteiger partial charge on any atom is -0.508 e. The number of ketones is 1. The maximum absolute atomic E-state index is 13.2. The Kier molecular flexibility index (Phi) is 14.5. The number of ether oxygens (including phenoxy) is 8. The van der Waals surface area contributed by atoms with Gasteiger partial charge in [0.05, 0.1) is 31.6 Å². The summed E-state index contributed by atoms with van der Waals surface area (Å²) < 4.78 is 42.0. The Morgan fingerprint density at radius 1 is 0.661 bits per heavy atom. The van der Waals surface area contributed by atoms with Crippen molar-refractivity contribution in [3.63, 3.8) is 0 Å². The molecule has 18 heteroatoms. The predicted molar refractivity (Wildman–Crippen MR) is 210 cm³/mol. The standard InChI is InChI=1S/C44H48O18/c1-5-55-33(47)17-19-41(3)57-35(49)28(36(50)58-41)14-10-7-9-13-27-31(45)25-43(26-32(27)46)21-23-44(24-22-43)61-39(53)30(40(54)62-44)16-12-8-11-15-29-37(51)59-42(4,60-38(29)52)20-18-34(48)56-6-2/h7-8,10-16,25,45,51H,5-6,9,17-24,26H2,1-4H3. The van der Waals surface area contributed by atoms with Gasteiger partial charge < -0.3 is 48.1 Å². The van der Waals surface area contributed by atoms with E-state index in [0.29, 0.717) is 0 Å². The minimum atomic E-state index is -1.63. The van der Waals surface area contributed by atoms with E-state index >= 15 is 0 Å². The Morgan fingerprint density at radius 2 is 1.18 bits per heavy atom. The Hall–Kier alpha value is -6.72. The zero-order valence-electron chi connectivity index (χ0n) is 34.7. The van der Waals surface area contributed by atoms with Gasteiger partial charge in [0.15, 0.2) is 5.78 Å². The van der Waals surface area contributed by atoms with Crippen LogP contribution >= 0.6 is 0 Å². The lowest BCUT2D eigenvalue weighted by Crippen LogP contribution is -2.50. The zero-order chi connectivity index (χ0) is 45.3. The molecule has 2 spiro atoms. The van der Waals surface area contributed by atoms with Crippen LogP contribution in [-0.2, 0) is 76.3 Å². The van der Waals surface area contributed by atoms with Crippen molar-refractivity contribution in [3.8, 4) is 0 Å². The van der Waals surface area contributed by atoms with E-state index in [2.05, 4.69) is 0 Å². The number of cyclic esters (lactones) is 3. The topological polar surface area (TPSA) is 251 Å². The summed E-state index contributed by atoms with van der Waals surface area (Å²) in [5, 5.41) is 21.2. The molecule has 62 heavy (non-hydrogen) atoms. The molecule has 18 nitrogen and oxygen atoms in total. The first-order valence-corrected chi connectivity index (χ1v) is 20.0. The molecule has 0 aromatic carbocycles. The van der Waals surface area contributed by atoms with Crippen LogP contribution in [0.5, 0.6) is 0 Å². The predicted octanol–water partition coefficient (Wildman–Crippen LogP) is 5.16. The first-order chi connectivity index (χ1) is 29.3. The van der Waals surface area contributed by atoms with Gasteiger partial charge in [0, 0.05) is 46.0 Å². The number of hydrogen-bond donors (Lipinski definition) is 2. The lowest BCUT2D eigenvalue weighted by molar-refractivity contribution is -0.250. The molecule has 1 unspecified atom stereocenters. The molecule has 332 valence electrons. The molecule has 0 bridgehead atoms. The molecule has 5 rings (SSSR count). The number of aliphatic hydroxyl groups excluding tert-OH is 2. The van der Waals surface area contributed by atoms with Crippen molar-refractivity contribution in [1.29, 1.82) is 0 Å². The second-order valence-corrected chi connectivity index (χ2v) is 15.2. The molecule has 0 radical (unpaired) electrons. The third-order valence-corrected chi connectivity index (χ3v) is 10.4. The molecule has 3 fully saturated rings. The number of carbonyl (C=O) groups is 8. The molecule has 2 N–H and O–H groups in total. The Bertz CT molecular complexity index is 2090. The number of carbonyl (C=O) groups excluding carboxylic acids is 8. The van der Waals surface area contributed by atoms with Gasteiger partial charge in [0.25, 0.3) is 23.3 Å². The second-order valence-electron chi connectivity index (χ2n) is 15.2. The van der Waals surface area contributed by atoms with E-state index < -0.39 is 76.1 Å². The monoisotopic (exact) mass is 864 g/mol. The van der Waals surface area contributed by atoms with Crippen LogP contribution in [0.1, 0.15) is 91.9 Å². The summed E-state index contributed by atoms with van der Waals surface area (Å²) in [5.41, 5.74) is -1.76. The normalized spacial score (nSPS) is 28.5. The van der Waals surface area contributed by atoms with Crippen LogP contribution < -0.4 is 0 Å². The van der Waals surface area contributed by atoms with Crippen molar-refractivity contribution in [2.75, 3.05) is 13.2 Å². The summed E-state index contributed by atoms with van der Waals surface area (Å²) in [6, 6.07) is 0. The van der Waals surface area contributed by atoms with Gasteiger partial charge in [-0.2, -0.15) is 0 Å². The number of allylic oxidation sites excluding steroid dienone is 10. The number of esters is 7. The molecule has 0 aromatic heterocycles. The van der Waals surface area contributed by atoms with Gasteiger partial charge in [-0.25, -0.2) is 24.0 Å². The highest BCUT2D eigenvalue weighted by Crippen LogP contribution is 2.50. The van der Waals surface area contributed by atoms with Crippen molar-refractivity contribution < 1.29 is 86.5 Å². The summed E-state index contributed by atoms with van der Waals surface area (Å²) in [7, 11) is 0. The van der Waals surface area contributed by atoms with Gasteiger partial charge >= 0.3 is 41.8 Å². The number of aliphatic hydroxyl groups is 2. The number of rotatable bonds is 14. The molecule has 0 amide bonds. The Balaban J connectivity index is 1.11. The van der Waals surface area contributed by atoms with E-state index in [1.807, 2.05) is 0 Å². The van der Waals surface area contributed by atoms with Crippen molar-refractivity contribution in [1.82, 2.24) is 0 Å². The quantitative estimate of drug-likeness (QED) is 0.0752. The molecule has 1 saturated carbocycles. The fourth-order valence-corrected chi connectivity index (χ4v) is 7.16. The molecule has 3 heterocycles. The van der Waals surface area contributed by atoms with Crippen LogP contribution in [0, 0.1) is 5.41 Å². The average molecular weight is 865 g/mol. The van der Waals surface area contributed by atoms with Crippen LogP contribution in [0.3, 0.4) is 0 Å². The summed E-state index contributed by atoms with van der Waals surface area (Å²) in [5.74, 6) is -11.7. The van der Waals surface area contributed by atoms with E-state index in [9.17, 15) is 48.6 Å². The van der Waals surface area contributed by atoms with Crippen LogP contribution in [0.4, 0.5) is 0 Å². The summed E-state index contributed by atoms with van der Waals surface area (Å²) in [4.78, 5) is 100. The molecule has 0 aromatic rings. The third kappa shape index (κ3) is 11.3. The van der Waals surface area contributed by atoms with Gasteiger partial charge in [0.2, 0.25) is 0 Å². The van der Waals surface area contributed by atoms with E-state index in [-0.39, 0.29) is 106 Å². The highest BCUT2D eigenvalue weighted by molar-refractivity contribution is 6.16. The second kappa shape index (κ2) is 19.3. The van der Waals surface area contributed by atoms with Gasteiger partial charge in [-0.05, 0) is 62.8 Å². The van der Waals surface area contributed by atoms with Crippen LogP contribution in [0.25, 0.3) is 0 Å². The van der Waals surface area contributed by atoms with Crippen LogP contribution in [0.15, 0.2) is 94.8 Å². The molecular formula is C44H48O18. The summed E-state index contributed by atoms with van der Waals surface area (Å²) in [6.07, 6.45) is 14.0. The molecule has 3 aliphatic heterocycles. The fraction of sp³-hybridized carbons (Fsp3) is 0.455. The molecule has 2 saturated heterocycles. The third-order valence-electron chi connectivity index (χ3n) is 10.4. The lowest BCUT2D eigenvalue weighted by Gasteiger charge is -2.46. The van der Waals surface area contributed by atoms with E-state index in [0.717, 1.165) is 6.08 Å². The average Bonchev–Trinajstić information content (AvgIpc) is 3.18. The summed E-state index contributed by atoms with van der Waals surface area (Å²) in [6.45, 7) is 6.42. The number of hydrogen-bond acceptors (Lipinski definition) is 18. The number of Topliss-reactive ketones (excluding diaryl/α,β-unsaturated/α-hetero) is 1. The molecule has 5 aliphatic rings.